The molecular formula is C14H19N3O. The SMILES string of the molecule is COc1ccc(-c2cnc(C(C)CN)[nH]2)cc1C. The lowest BCUT2D eigenvalue weighted by atomic mass is 10.1. The van der Waals surface area contributed by atoms with Gasteiger partial charge in [0.05, 0.1) is 19.0 Å². The van der Waals surface area contributed by atoms with Crippen LogP contribution in [0.4, 0.5) is 0 Å². The van der Waals surface area contributed by atoms with Crippen molar-refractivity contribution in [1.82, 2.24) is 9.97 Å². The first-order valence-corrected chi connectivity index (χ1v) is 6.05. The second-order valence-electron chi connectivity index (χ2n) is 4.50. The fraction of sp³-hybridized carbons (Fsp3) is 0.357. The molecule has 96 valence electrons. The smallest absolute Gasteiger partial charge is 0.121 e. The number of imidazole rings is 1. The Kier molecular flexibility index (Phi) is 3.67. The number of methoxy groups -OCH3 is 1. The van der Waals surface area contributed by atoms with Crippen LogP contribution in [0, 0.1) is 6.92 Å². The number of benzene rings is 1. The summed E-state index contributed by atoms with van der Waals surface area (Å²) in [7, 11) is 1.68. The molecule has 4 nitrogen and oxygen atoms in total. The maximum absolute atomic E-state index is 5.64. The number of hydrogen-bond donors (Lipinski definition) is 2. The molecule has 2 aromatic rings. The van der Waals surface area contributed by atoms with E-state index in [4.69, 9.17) is 10.5 Å². The maximum atomic E-state index is 5.64. The van der Waals surface area contributed by atoms with Crippen molar-refractivity contribution in [3.05, 3.63) is 35.8 Å². The fourth-order valence-corrected chi connectivity index (χ4v) is 1.89. The summed E-state index contributed by atoms with van der Waals surface area (Å²) >= 11 is 0. The fourth-order valence-electron chi connectivity index (χ4n) is 1.89. The molecule has 1 aromatic heterocycles. The van der Waals surface area contributed by atoms with Crippen molar-refractivity contribution in [2.45, 2.75) is 19.8 Å². The molecule has 0 aliphatic carbocycles. The third-order valence-corrected chi connectivity index (χ3v) is 3.12. The first kappa shape index (κ1) is 12.6. The molecule has 0 aliphatic heterocycles. The van der Waals surface area contributed by atoms with Gasteiger partial charge in [-0.2, -0.15) is 0 Å². The minimum Gasteiger partial charge on any atom is -0.496 e. The van der Waals surface area contributed by atoms with E-state index in [2.05, 4.69) is 23.0 Å². The van der Waals surface area contributed by atoms with Crippen LogP contribution in [0.5, 0.6) is 5.75 Å². The number of hydrogen-bond acceptors (Lipinski definition) is 3. The minimum absolute atomic E-state index is 0.248. The van der Waals surface area contributed by atoms with Crippen molar-refractivity contribution in [2.24, 2.45) is 5.73 Å². The summed E-state index contributed by atoms with van der Waals surface area (Å²) in [6.45, 7) is 4.68. The Morgan fingerprint density at radius 1 is 1.44 bits per heavy atom. The zero-order valence-electron chi connectivity index (χ0n) is 11.0. The Morgan fingerprint density at radius 2 is 2.22 bits per heavy atom. The lowest BCUT2D eigenvalue weighted by Crippen LogP contribution is -2.10. The lowest BCUT2D eigenvalue weighted by Gasteiger charge is -2.06. The summed E-state index contributed by atoms with van der Waals surface area (Å²) in [5.74, 6) is 2.08. The van der Waals surface area contributed by atoms with Crippen LogP contribution < -0.4 is 10.5 Å². The minimum atomic E-state index is 0.248. The van der Waals surface area contributed by atoms with Crippen molar-refractivity contribution >= 4 is 0 Å². The van der Waals surface area contributed by atoms with Gasteiger partial charge in [-0.3, -0.25) is 0 Å². The van der Waals surface area contributed by atoms with Crippen molar-refractivity contribution < 1.29 is 4.74 Å². The third kappa shape index (κ3) is 2.38. The van der Waals surface area contributed by atoms with Crippen LogP contribution in [0.2, 0.25) is 0 Å². The molecule has 1 atom stereocenters. The predicted octanol–water partition coefficient (Wildman–Crippen LogP) is 2.46. The molecule has 1 aromatic carbocycles. The van der Waals surface area contributed by atoms with Gasteiger partial charge in [-0.1, -0.05) is 6.92 Å². The first-order chi connectivity index (χ1) is 8.65. The van der Waals surface area contributed by atoms with Crippen LogP contribution in [-0.2, 0) is 0 Å². The van der Waals surface area contributed by atoms with Crippen LogP contribution in [0.1, 0.15) is 24.2 Å². The van der Waals surface area contributed by atoms with Gasteiger partial charge < -0.3 is 15.5 Å². The van der Waals surface area contributed by atoms with E-state index in [1.165, 1.54) is 0 Å². The van der Waals surface area contributed by atoms with E-state index in [1.54, 1.807) is 7.11 Å². The van der Waals surface area contributed by atoms with Crippen molar-refractivity contribution in [3.8, 4) is 17.0 Å². The predicted molar refractivity (Wildman–Crippen MR) is 72.8 cm³/mol. The summed E-state index contributed by atoms with van der Waals surface area (Å²) in [6, 6.07) is 6.08. The average Bonchev–Trinajstić information content (AvgIpc) is 2.87. The highest BCUT2D eigenvalue weighted by molar-refractivity contribution is 5.61. The highest BCUT2D eigenvalue weighted by Gasteiger charge is 2.09. The molecule has 0 amide bonds. The Labute approximate surface area is 107 Å². The Morgan fingerprint density at radius 3 is 2.83 bits per heavy atom. The van der Waals surface area contributed by atoms with Crippen LogP contribution in [0.25, 0.3) is 11.3 Å². The number of aromatic amines is 1. The van der Waals surface area contributed by atoms with Gasteiger partial charge >= 0.3 is 0 Å². The molecule has 4 heteroatoms. The molecular weight excluding hydrogens is 226 g/mol. The molecule has 0 spiro atoms. The van der Waals surface area contributed by atoms with E-state index < -0.39 is 0 Å². The van der Waals surface area contributed by atoms with Gasteiger partial charge in [-0.15, -0.1) is 0 Å². The molecule has 1 unspecified atom stereocenters. The number of nitrogens with two attached hydrogens (primary N) is 1. The number of aromatic nitrogens is 2. The topological polar surface area (TPSA) is 63.9 Å². The van der Waals surface area contributed by atoms with E-state index in [1.807, 2.05) is 25.3 Å². The Balaban J connectivity index is 2.31. The van der Waals surface area contributed by atoms with Gasteiger partial charge in [0, 0.05) is 18.0 Å². The average molecular weight is 245 g/mol. The highest BCUT2D eigenvalue weighted by atomic mass is 16.5. The van der Waals surface area contributed by atoms with Crippen molar-refractivity contribution in [1.29, 1.82) is 0 Å². The van der Waals surface area contributed by atoms with E-state index in [9.17, 15) is 0 Å². The van der Waals surface area contributed by atoms with Gasteiger partial charge in [0.1, 0.15) is 11.6 Å². The van der Waals surface area contributed by atoms with Crippen molar-refractivity contribution in [2.75, 3.05) is 13.7 Å². The molecule has 3 N–H and O–H groups in total. The van der Waals surface area contributed by atoms with Gasteiger partial charge in [-0.05, 0) is 30.7 Å². The van der Waals surface area contributed by atoms with Crippen LogP contribution in [0.3, 0.4) is 0 Å². The van der Waals surface area contributed by atoms with Crippen LogP contribution in [-0.4, -0.2) is 23.6 Å². The van der Waals surface area contributed by atoms with E-state index >= 15 is 0 Å². The number of rotatable bonds is 4. The van der Waals surface area contributed by atoms with Crippen LogP contribution >= 0.6 is 0 Å². The number of aryl methyl sites for hydroxylation is 1. The second-order valence-corrected chi connectivity index (χ2v) is 4.50. The third-order valence-electron chi connectivity index (χ3n) is 3.12. The largest absolute Gasteiger partial charge is 0.496 e. The van der Waals surface area contributed by atoms with Gasteiger partial charge in [0.2, 0.25) is 0 Å². The highest BCUT2D eigenvalue weighted by Crippen LogP contribution is 2.25. The van der Waals surface area contributed by atoms with E-state index in [-0.39, 0.29) is 5.92 Å². The summed E-state index contributed by atoms with van der Waals surface area (Å²) in [5, 5.41) is 0. The molecule has 0 saturated carbocycles. The summed E-state index contributed by atoms with van der Waals surface area (Å²) in [4.78, 5) is 7.68. The molecule has 1 heterocycles. The standard InChI is InChI=1S/C14H19N3O/c1-9-6-11(4-5-13(9)18-3)12-8-16-14(17-12)10(2)7-15/h4-6,8,10H,7,15H2,1-3H3,(H,16,17). The molecule has 2 rings (SSSR count). The van der Waals surface area contributed by atoms with E-state index in [0.717, 1.165) is 28.4 Å². The van der Waals surface area contributed by atoms with Crippen LogP contribution in [0.15, 0.2) is 24.4 Å². The number of nitrogens with zero attached hydrogens (tertiary/aromatic N) is 1. The zero-order valence-corrected chi connectivity index (χ0v) is 11.0. The monoisotopic (exact) mass is 245 g/mol. The van der Waals surface area contributed by atoms with Gasteiger partial charge in [0.25, 0.3) is 0 Å². The second kappa shape index (κ2) is 5.23. The molecule has 0 fully saturated rings. The Bertz CT molecular complexity index is 534. The van der Waals surface area contributed by atoms with E-state index in [0.29, 0.717) is 6.54 Å². The maximum Gasteiger partial charge on any atom is 0.121 e. The quantitative estimate of drug-likeness (QED) is 0.869. The number of nitrogens with one attached hydrogen (secondary N) is 1. The molecule has 0 bridgehead atoms. The van der Waals surface area contributed by atoms with Gasteiger partial charge in [0.15, 0.2) is 0 Å². The normalized spacial score (nSPS) is 12.4. The summed E-state index contributed by atoms with van der Waals surface area (Å²) in [5.41, 5.74) is 8.86. The number of H-pyrrole nitrogens is 1. The first-order valence-electron chi connectivity index (χ1n) is 6.05. The lowest BCUT2D eigenvalue weighted by molar-refractivity contribution is 0.412. The zero-order chi connectivity index (χ0) is 13.1. The summed E-state index contributed by atoms with van der Waals surface area (Å²) < 4.78 is 5.25. The molecule has 0 saturated heterocycles. The Hall–Kier alpha value is -1.81. The van der Waals surface area contributed by atoms with Crippen molar-refractivity contribution in [3.63, 3.8) is 0 Å². The molecule has 0 aliphatic rings. The number of ether oxygens (including phenoxy) is 1. The molecule has 0 radical (unpaired) electrons. The van der Waals surface area contributed by atoms with Gasteiger partial charge in [-0.25, -0.2) is 4.98 Å². The summed E-state index contributed by atoms with van der Waals surface area (Å²) in [6.07, 6.45) is 1.85. The molecule has 18 heavy (non-hydrogen) atoms.